The minimum atomic E-state index is -3.18. The molecule has 0 saturated carbocycles. The van der Waals surface area contributed by atoms with Gasteiger partial charge < -0.3 is 4.90 Å². The summed E-state index contributed by atoms with van der Waals surface area (Å²) in [4.78, 5) is 14.3. The van der Waals surface area contributed by atoms with Crippen molar-refractivity contribution < 1.29 is 8.42 Å². The molecule has 4 atom stereocenters. The Morgan fingerprint density at radius 1 is 1.15 bits per heavy atom. The average molecular weight is 394 g/mol. The van der Waals surface area contributed by atoms with Gasteiger partial charge in [-0.2, -0.15) is 0 Å². The Labute approximate surface area is 162 Å². The zero-order valence-electron chi connectivity index (χ0n) is 16.6. The smallest absolute Gasteiger partial charge is 0.225 e. The van der Waals surface area contributed by atoms with E-state index in [1.165, 1.54) is 31.9 Å². The highest BCUT2D eigenvalue weighted by Gasteiger charge is 2.47. The predicted octanol–water partition coefficient (Wildman–Crippen LogP) is 1.32. The molecule has 27 heavy (non-hydrogen) atoms. The van der Waals surface area contributed by atoms with Gasteiger partial charge in [-0.05, 0) is 57.6 Å². The predicted molar refractivity (Wildman–Crippen MR) is 106 cm³/mol. The van der Waals surface area contributed by atoms with Crippen molar-refractivity contribution in [3.63, 3.8) is 0 Å². The molecule has 1 N–H and O–H groups in total. The fourth-order valence-electron chi connectivity index (χ4n) is 5.44. The summed E-state index contributed by atoms with van der Waals surface area (Å²) in [6.45, 7) is 7.54. The fraction of sp³-hybridized carbons (Fsp3) is 0.789. The molecule has 8 heteroatoms. The number of hydrogen-bond donors (Lipinski definition) is 1. The van der Waals surface area contributed by atoms with Gasteiger partial charge in [0, 0.05) is 43.1 Å². The molecule has 0 unspecified atom stereocenters. The molecule has 3 saturated heterocycles. The van der Waals surface area contributed by atoms with Gasteiger partial charge in [0.1, 0.15) is 0 Å². The Morgan fingerprint density at radius 2 is 1.85 bits per heavy atom. The van der Waals surface area contributed by atoms with E-state index < -0.39 is 10.0 Å². The van der Waals surface area contributed by atoms with Gasteiger partial charge in [-0.15, -0.1) is 0 Å². The van der Waals surface area contributed by atoms with Crippen LogP contribution in [0.5, 0.6) is 0 Å². The average Bonchev–Trinajstić information content (AvgIpc) is 2.60. The normalized spacial score (nSPS) is 31.6. The highest BCUT2D eigenvalue weighted by atomic mass is 32.2. The maximum Gasteiger partial charge on any atom is 0.225 e. The van der Waals surface area contributed by atoms with Gasteiger partial charge >= 0.3 is 0 Å². The maximum absolute atomic E-state index is 11.7. The highest BCUT2D eigenvalue weighted by molar-refractivity contribution is 7.88. The first kappa shape index (κ1) is 19.1. The third-order valence-corrected chi connectivity index (χ3v) is 7.12. The van der Waals surface area contributed by atoms with Crippen LogP contribution in [0.15, 0.2) is 6.07 Å². The van der Waals surface area contributed by atoms with Gasteiger partial charge in [0.2, 0.25) is 16.0 Å². The lowest BCUT2D eigenvalue weighted by Gasteiger charge is -2.56. The van der Waals surface area contributed by atoms with Crippen LogP contribution < -0.4 is 9.62 Å². The minimum Gasteiger partial charge on any atom is -0.340 e. The van der Waals surface area contributed by atoms with Crippen LogP contribution in [0.4, 0.5) is 5.95 Å². The van der Waals surface area contributed by atoms with Crippen molar-refractivity contribution in [2.75, 3.05) is 37.3 Å². The minimum absolute atomic E-state index is 0.259. The monoisotopic (exact) mass is 393 g/mol. The first-order valence-electron chi connectivity index (χ1n) is 10.1. The number of anilines is 1. The van der Waals surface area contributed by atoms with Gasteiger partial charge in [-0.3, -0.25) is 4.90 Å². The van der Waals surface area contributed by atoms with Crippen molar-refractivity contribution in [3.05, 3.63) is 17.5 Å². The second kappa shape index (κ2) is 7.29. The summed E-state index contributed by atoms with van der Waals surface area (Å²) in [5, 5.41) is 0. The zero-order valence-corrected chi connectivity index (χ0v) is 17.4. The van der Waals surface area contributed by atoms with Crippen LogP contribution in [-0.4, -0.2) is 67.8 Å². The van der Waals surface area contributed by atoms with Crippen molar-refractivity contribution >= 4 is 16.0 Å². The topological polar surface area (TPSA) is 78.4 Å². The Kier molecular flexibility index (Phi) is 5.16. The number of hydrogen-bond acceptors (Lipinski definition) is 6. The molecule has 4 rings (SSSR count). The summed E-state index contributed by atoms with van der Waals surface area (Å²) in [6, 6.07) is 2.82. The Hall–Kier alpha value is -1.25. The van der Waals surface area contributed by atoms with E-state index >= 15 is 0 Å². The van der Waals surface area contributed by atoms with Crippen molar-refractivity contribution in [1.82, 2.24) is 19.6 Å². The van der Waals surface area contributed by atoms with Gasteiger partial charge in [-0.25, -0.2) is 23.1 Å². The van der Waals surface area contributed by atoms with Crippen molar-refractivity contribution in [1.29, 1.82) is 0 Å². The number of aromatic nitrogens is 2. The van der Waals surface area contributed by atoms with E-state index in [0.29, 0.717) is 24.4 Å². The van der Waals surface area contributed by atoms with Crippen LogP contribution in [0.1, 0.15) is 37.1 Å². The van der Waals surface area contributed by atoms with Crippen LogP contribution in [0, 0.1) is 25.7 Å². The Bertz CT molecular complexity index is 779. The molecule has 0 spiro atoms. The van der Waals surface area contributed by atoms with E-state index in [-0.39, 0.29) is 6.04 Å². The van der Waals surface area contributed by atoms with E-state index in [2.05, 4.69) is 24.5 Å². The molecule has 0 radical (unpaired) electrons. The van der Waals surface area contributed by atoms with Crippen LogP contribution >= 0.6 is 0 Å². The molecule has 2 bridgehead atoms. The third kappa shape index (κ3) is 4.12. The first-order valence-corrected chi connectivity index (χ1v) is 12.0. The lowest BCUT2D eigenvalue weighted by atomic mass is 9.72. The number of sulfonamides is 1. The summed E-state index contributed by atoms with van der Waals surface area (Å²) in [5.41, 5.74) is 2.01. The van der Waals surface area contributed by atoms with E-state index in [1.54, 1.807) is 0 Å². The quantitative estimate of drug-likeness (QED) is 0.831. The SMILES string of the molecule is Cc1cc(C)nc(N2C[C@H]3C[C@@H](C2)[C@H](CNS(C)(=O)=O)N2CCCC[C@@H]32)n1. The molecule has 0 aromatic carbocycles. The zero-order chi connectivity index (χ0) is 19.2. The molecule has 0 amide bonds. The summed E-state index contributed by atoms with van der Waals surface area (Å²) in [5.74, 6) is 1.89. The van der Waals surface area contributed by atoms with Crippen LogP contribution in [0.2, 0.25) is 0 Å². The number of rotatable bonds is 4. The molecule has 3 fully saturated rings. The summed E-state index contributed by atoms with van der Waals surface area (Å²) in [6.07, 6.45) is 6.14. The molecule has 0 aliphatic carbocycles. The van der Waals surface area contributed by atoms with E-state index in [4.69, 9.17) is 0 Å². The summed E-state index contributed by atoms with van der Waals surface area (Å²) >= 11 is 0. The van der Waals surface area contributed by atoms with Crippen LogP contribution in [-0.2, 0) is 10.0 Å². The number of piperidine rings is 3. The van der Waals surface area contributed by atoms with Gasteiger partial charge in [0.05, 0.1) is 6.26 Å². The van der Waals surface area contributed by atoms with E-state index in [1.807, 2.05) is 19.9 Å². The molecule has 1 aromatic heterocycles. The second-order valence-electron chi connectivity index (χ2n) is 8.60. The van der Waals surface area contributed by atoms with Crippen molar-refractivity contribution in [2.45, 2.75) is 51.6 Å². The summed E-state index contributed by atoms with van der Waals surface area (Å²) in [7, 11) is -3.18. The van der Waals surface area contributed by atoms with E-state index in [9.17, 15) is 8.42 Å². The third-order valence-electron chi connectivity index (χ3n) is 6.43. The molecule has 4 heterocycles. The Morgan fingerprint density at radius 3 is 2.56 bits per heavy atom. The number of nitrogens with one attached hydrogen (secondary N) is 1. The van der Waals surface area contributed by atoms with Gasteiger partial charge in [0.15, 0.2) is 0 Å². The lowest BCUT2D eigenvalue weighted by Crippen LogP contribution is -2.65. The van der Waals surface area contributed by atoms with Gasteiger partial charge in [0.25, 0.3) is 0 Å². The van der Waals surface area contributed by atoms with Crippen LogP contribution in [0.3, 0.4) is 0 Å². The van der Waals surface area contributed by atoms with Crippen molar-refractivity contribution in [3.8, 4) is 0 Å². The van der Waals surface area contributed by atoms with Crippen LogP contribution in [0.25, 0.3) is 0 Å². The first-order chi connectivity index (χ1) is 12.8. The molecule has 150 valence electrons. The van der Waals surface area contributed by atoms with Crippen molar-refractivity contribution in [2.24, 2.45) is 11.8 Å². The molecule has 7 nitrogen and oxygen atoms in total. The standard InChI is InChI=1S/C19H31N5O2S/c1-13-8-14(2)22-19(21-13)23-11-15-9-16(12-23)18(10-20-27(3,25)26)24-7-5-4-6-17(15)24/h8,15-18,20H,4-7,9-12H2,1-3H3/t15-,16+,17+,18+/m1/s1. The lowest BCUT2D eigenvalue weighted by molar-refractivity contribution is -0.0296. The number of aryl methyl sites for hydroxylation is 2. The number of fused-ring (bicyclic) bond motifs is 4. The molecule has 3 aliphatic rings. The number of nitrogens with zero attached hydrogens (tertiary/aromatic N) is 4. The largest absolute Gasteiger partial charge is 0.340 e. The fourth-order valence-corrected chi connectivity index (χ4v) is 5.91. The maximum atomic E-state index is 11.7. The molecule has 1 aromatic rings. The molecular formula is C19H31N5O2S. The van der Waals surface area contributed by atoms with Gasteiger partial charge in [-0.1, -0.05) is 6.42 Å². The van der Waals surface area contributed by atoms with E-state index in [0.717, 1.165) is 37.0 Å². The highest BCUT2D eigenvalue weighted by Crippen LogP contribution is 2.41. The molecule has 3 aliphatic heterocycles. The summed E-state index contributed by atoms with van der Waals surface area (Å²) < 4.78 is 26.2. The molecular weight excluding hydrogens is 362 g/mol. The second-order valence-corrected chi connectivity index (χ2v) is 10.4. The Balaban J connectivity index is 1.60.